The third kappa shape index (κ3) is 2.63. The maximum absolute atomic E-state index is 11.3. The number of H-pyrrole nitrogens is 1. The highest BCUT2D eigenvalue weighted by atomic mass is 16.5. The zero-order chi connectivity index (χ0) is 13.0. The highest BCUT2D eigenvalue weighted by molar-refractivity contribution is 5.72. The van der Waals surface area contributed by atoms with Gasteiger partial charge in [-0.15, -0.1) is 0 Å². The predicted molar refractivity (Wildman–Crippen MR) is 66.9 cm³/mol. The molecule has 0 bridgehead atoms. The number of carbonyl (C=O) groups excluding carboxylic acids is 1. The Bertz CT molecular complexity index is 602. The lowest BCUT2D eigenvalue weighted by molar-refractivity contribution is 0.111. The van der Waals surface area contributed by atoms with Gasteiger partial charge in [0.15, 0.2) is 6.29 Å². The number of ether oxygens (including phenoxy) is 1. The lowest BCUT2D eigenvalue weighted by Gasteiger charge is -2.04. The second-order valence-electron chi connectivity index (χ2n) is 3.59. The first-order valence-corrected chi connectivity index (χ1v) is 5.52. The van der Waals surface area contributed by atoms with E-state index in [4.69, 9.17) is 4.74 Å². The van der Waals surface area contributed by atoms with Crippen molar-refractivity contribution >= 4 is 6.29 Å². The number of aldehydes is 1. The summed E-state index contributed by atoms with van der Waals surface area (Å²) in [7, 11) is 0. The summed E-state index contributed by atoms with van der Waals surface area (Å²) >= 11 is 0. The van der Waals surface area contributed by atoms with Crippen LogP contribution in [0.2, 0.25) is 0 Å². The highest BCUT2D eigenvalue weighted by Crippen LogP contribution is 2.18. The number of aromatic nitrogens is 2. The third-order valence-electron chi connectivity index (χ3n) is 2.32. The van der Waals surface area contributed by atoms with E-state index in [1.54, 1.807) is 24.3 Å². The van der Waals surface area contributed by atoms with Gasteiger partial charge in [-0.2, -0.15) is 0 Å². The van der Waals surface area contributed by atoms with Crippen molar-refractivity contribution in [2.75, 3.05) is 6.61 Å². The van der Waals surface area contributed by atoms with Crippen molar-refractivity contribution in [1.29, 1.82) is 0 Å². The molecular formula is C13H12N2O3. The van der Waals surface area contributed by atoms with Crippen molar-refractivity contribution in [2.24, 2.45) is 0 Å². The molecule has 0 aliphatic heterocycles. The molecule has 0 unspecified atom stereocenters. The second-order valence-corrected chi connectivity index (χ2v) is 3.59. The molecular weight excluding hydrogens is 232 g/mol. The van der Waals surface area contributed by atoms with E-state index in [9.17, 15) is 9.59 Å². The van der Waals surface area contributed by atoms with E-state index in [2.05, 4.69) is 9.97 Å². The third-order valence-corrected chi connectivity index (χ3v) is 2.32. The van der Waals surface area contributed by atoms with E-state index in [0.717, 1.165) is 17.4 Å². The van der Waals surface area contributed by atoms with Crippen molar-refractivity contribution in [2.45, 2.75) is 6.92 Å². The van der Waals surface area contributed by atoms with Crippen LogP contribution in [0.3, 0.4) is 0 Å². The summed E-state index contributed by atoms with van der Waals surface area (Å²) in [4.78, 5) is 28.6. The van der Waals surface area contributed by atoms with Gasteiger partial charge in [0.1, 0.15) is 17.3 Å². The number of aromatic amines is 1. The SMILES string of the molecule is CCOc1ccc(-c2nc(C=O)cc(=O)[nH]2)cc1. The van der Waals surface area contributed by atoms with Crippen LogP contribution < -0.4 is 10.3 Å². The Labute approximate surface area is 103 Å². The highest BCUT2D eigenvalue weighted by Gasteiger charge is 2.03. The van der Waals surface area contributed by atoms with Gasteiger partial charge in [-0.05, 0) is 31.2 Å². The number of nitrogens with one attached hydrogen (secondary N) is 1. The predicted octanol–water partition coefficient (Wildman–Crippen LogP) is 1.65. The molecule has 1 aromatic carbocycles. The van der Waals surface area contributed by atoms with Gasteiger partial charge < -0.3 is 9.72 Å². The molecule has 0 fully saturated rings. The first-order valence-electron chi connectivity index (χ1n) is 5.52. The molecule has 0 amide bonds. The van der Waals surface area contributed by atoms with Crippen molar-refractivity contribution in [3.8, 4) is 17.1 Å². The van der Waals surface area contributed by atoms with Crippen LogP contribution >= 0.6 is 0 Å². The molecule has 0 aliphatic carbocycles. The largest absolute Gasteiger partial charge is 0.494 e. The summed E-state index contributed by atoms with van der Waals surface area (Å²) in [5, 5.41) is 0. The summed E-state index contributed by atoms with van der Waals surface area (Å²) in [6.45, 7) is 2.50. The molecule has 1 N–H and O–H groups in total. The van der Waals surface area contributed by atoms with Gasteiger partial charge in [-0.3, -0.25) is 9.59 Å². The molecule has 0 atom stereocenters. The fraction of sp³-hybridized carbons (Fsp3) is 0.154. The molecule has 0 aliphatic rings. The van der Waals surface area contributed by atoms with Crippen LogP contribution in [0.1, 0.15) is 17.4 Å². The molecule has 1 heterocycles. The summed E-state index contributed by atoms with van der Waals surface area (Å²) < 4.78 is 5.32. The number of nitrogens with zero attached hydrogens (tertiary/aromatic N) is 1. The second kappa shape index (κ2) is 5.27. The van der Waals surface area contributed by atoms with Gasteiger partial charge in [0.2, 0.25) is 0 Å². The molecule has 5 heteroatoms. The summed E-state index contributed by atoms with van der Waals surface area (Å²) in [5.74, 6) is 1.11. The van der Waals surface area contributed by atoms with Crippen LogP contribution in [-0.4, -0.2) is 22.9 Å². The van der Waals surface area contributed by atoms with Crippen LogP contribution in [0.4, 0.5) is 0 Å². The first kappa shape index (κ1) is 12.0. The number of benzene rings is 1. The molecule has 18 heavy (non-hydrogen) atoms. The zero-order valence-corrected chi connectivity index (χ0v) is 9.84. The standard InChI is InChI=1S/C13H12N2O3/c1-2-18-11-5-3-9(4-6-11)13-14-10(8-16)7-12(17)15-13/h3-8H,2H2,1H3,(H,14,15,17). The summed E-state index contributed by atoms with van der Waals surface area (Å²) in [5.41, 5.74) is 0.484. The number of rotatable bonds is 4. The van der Waals surface area contributed by atoms with Crippen LogP contribution in [0.5, 0.6) is 5.75 Å². The molecule has 1 aromatic heterocycles. The lowest BCUT2D eigenvalue weighted by Crippen LogP contribution is -2.09. The maximum Gasteiger partial charge on any atom is 0.251 e. The minimum Gasteiger partial charge on any atom is -0.494 e. The smallest absolute Gasteiger partial charge is 0.251 e. The number of hydrogen-bond donors (Lipinski definition) is 1. The topological polar surface area (TPSA) is 72.0 Å². The van der Waals surface area contributed by atoms with Crippen molar-refractivity contribution in [1.82, 2.24) is 9.97 Å². The van der Waals surface area contributed by atoms with Crippen molar-refractivity contribution in [3.63, 3.8) is 0 Å². The fourth-order valence-corrected chi connectivity index (χ4v) is 1.55. The minimum atomic E-state index is -0.351. The monoisotopic (exact) mass is 244 g/mol. The molecule has 2 aromatic rings. The Morgan fingerprint density at radius 1 is 1.33 bits per heavy atom. The van der Waals surface area contributed by atoms with Crippen molar-refractivity contribution in [3.05, 3.63) is 46.4 Å². The summed E-state index contributed by atoms with van der Waals surface area (Å²) in [6.07, 6.45) is 0.549. The van der Waals surface area contributed by atoms with Crippen LogP contribution in [0.25, 0.3) is 11.4 Å². The molecule has 0 radical (unpaired) electrons. The Kier molecular flexibility index (Phi) is 3.52. The van der Waals surface area contributed by atoms with E-state index in [-0.39, 0.29) is 11.3 Å². The van der Waals surface area contributed by atoms with Gasteiger partial charge in [-0.1, -0.05) is 0 Å². The van der Waals surface area contributed by atoms with E-state index in [1.807, 2.05) is 6.92 Å². The van der Waals surface area contributed by atoms with Crippen LogP contribution in [-0.2, 0) is 0 Å². The fourth-order valence-electron chi connectivity index (χ4n) is 1.55. The Morgan fingerprint density at radius 2 is 2.06 bits per heavy atom. The minimum absolute atomic E-state index is 0.114. The van der Waals surface area contributed by atoms with Crippen LogP contribution in [0.15, 0.2) is 35.1 Å². The molecule has 0 saturated carbocycles. The summed E-state index contributed by atoms with van der Waals surface area (Å²) in [6, 6.07) is 8.28. The quantitative estimate of drug-likeness (QED) is 0.830. The molecule has 0 spiro atoms. The van der Waals surface area contributed by atoms with E-state index in [0.29, 0.717) is 18.7 Å². The molecule has 0 saturated heterocycles. The van der Waals surface area contributed by atoms with Gasteiger partial charge in [0.25, 0.3) is 5.56 Å². The molecule has 92 valence electrons. The van der Waals surface area contributed by atoms with Gasteiger partial charge in [-0.25, -0.2) is 4.98 Å². The Hall–Kier alpha value is -2.43. The van der Waals surface area contributed by atoms with E-state index >= 15 is 0 Å². The van der Waals surface area contributed by atoms with Gasteiger partial charge >= 0.3 is 0 Å². The first-order chi connectivity index (χ1) is 8.72. The normalized spacial score (nSPS) is 10.1. The number of hydrogen-bond acceptors (Lipinski definition) is 4. The lowest BCUT2D eigenvalue weighted by atomic mass is 10.2. The molecule has 5 nitrogen and oxygen atoms in total. The Balaban J connectivity index is 2.39. The van der Waals surface area contributed by atoms with E-state index < -0.39 is 0 Å². The number of carbonyl (C=O) groups is 1. The Morgan fingerprint density at radius 3 is 2.67 bits per heavy atom. The van der Waals surface area contributed by atoms with E-state index in [1.165, 1.54) is 0 Å². The zero-order valence-electron chi connectivity index (χ0n) is 9.84. The maximum atomic E-state index is 11.3. The average Bonchev–Trinajstić information content (AvgIpc) is 2.39. The van der Waals surface area contributed by atoms with Crippen LogP contribution in [0, 0.1) is 0 Å². The van der Waals surface area contributed by atoms with Gasteiger partial charge in [0, 0.05) is 11.6 Å². The van der Waals surface area contributed by atoms with Crippen molar-refractivity contribution < 1.29 is 9.53 Å². The average molecular weight is 244 g/mol. The molecule has 2 rings (SSSR count). The van der Waals surface area contributed by atoms with Gasteiger partial charge in [0.05, 0.1) is 6.61 Å².